The fourth-order valence-electron chi connectivity index (χ4n) is 1.88. The molecule has 1 saturated heterocycles. The number of carboxylic acid groups (broad SMARTS) is 1. The van der Waals surface area contributed by atoms with Crippen molar-refractivity contribution in [2.24, 2.45) is 5.92 Å². The summed E-state index contributed by atoms with van der Waals surface area (Å²) in [7, 11) is 1.33. The molecule has 0 aromatic carbocycles. The zero-order valence-electron chi connectivity index (χ0n) is 9.67. The first-order valence-corrected chi connectivity index (χ1v) is 5.54. The topological polar surface area (TPSA) is 89.9 Å². The van der Waals surface area contributed by atoms with Crippen molar-refractivity contribution in [2.45, 2.75) is 18.4 Å². The van der Waals surface area contributed by atoms with Crippen molar-refractivity contribution in [1.29, 1.82) is 0 Å². The Morgan fingerprint density at radius 3 is 2.65 bits per heavy atom. The molecule has 2 aliphatic rings. The van der Waals surface area contributed by atoms with Gasteiger partial charge in [0.15, 0.2) is 5.09 Å². The van der Waals surface area contributed by atoms with Gasteiger partial charge in [-0.15, -0.1) is 0 Å². The van der Waals surface area contributed by atoms with Crippen LogP contribution in [-0.4, -0.2) is 40.5 Å². The van der Waals surface area contributed by atoms with Crippen molar-refractivity contribution >= 4 is 23.6 Å². The average molecular weight is 267 g/mol. The van der Waals surface area contributed by atoms with Gasteiger partial charge in [0, 0.05) is 0 Å². The Morgan fingerprint density at radius 2 is 2.24 bits per heavy atom. The number of aliphatic hydroxyl groups excluding tert-OH is 1. The van der Waals surface area contributed by atoms with Gasteiger partial charge in [0.25, 0.3) is 0 Å². The largest absolute Gasteiger partial charge is 1.00 e. The third-order valence-corrected chi connectivity index (χ3v) is 3.96. The van der Waals surface area contributed by atoms with E-state index >= 15 is 0 Å². The minimum absolute atomic E-state index is 0. The number of aliphatic carboxylic acids is 1. The Bertz CT molecular complexity index is 397. The van der Waals surface area contributed by atoms with Crippen LogP contribution in [0.3, 0.4) is 0 Å². The Kier molecular flexibility index (Phi) is 4.54. The Balaban J connectivity index is 0.00000144. The second-order valence-corrected chi connectivity index (χ2v) is 4.70. The smallest absolute Gasteiger partial charge is 0.543 e. The molecule has 0 radical (unpaired) electrons. The van der Waals surface area contributed by atoms with E-state index in [2.05, 4.69) is 0 Å². The summed E-state index contributed by atoms with van der Waals surface area (Å²) in [6.07, 6.45) is -0.805. The first kappa shape index (κ1) is 14.8. The molecule has 2 aliphatic heterocycles. The van der Waals surface area contributed by atoms with Gasteiger partial charge in [-0.2, -0.15) is 0 Å². The first-order chi connectivity index (χ1) is 7.49. The number of fused-ring (bicyclic) bond motifs is 1. The number of rotatable bonds is 3. The van der Waals surface area contributed by atoms with Gasteiger partial charge in [0.05, 0.1) is 25.1 Å². The van der Waals surface area contributed by atoms with E-state index in [9.17, 15) is 19.8 Å². The maximum atomic E-state index is 11.6. The Morgan fingerprint density at radius 1 is 1.65 bits per heavy atom. The molecule has 3 atom stereocenters. The molecule has 8 heteroatoms. The molecule has 0 unspecified atom stereocenters. The molecule has 17 heavy (non-hydrogen) atoms. The van der Waals surface area contributed by atoms with Crippen LogP contribution in [0, 0.1) is 5.92 Å². The summed E-state index contributed by atoms with van der Waals surface area (Å²) in [4.78, 5) is 23.6. The third-order valence-electron chi connectivity index (χ3n) is 2.64. The fraction of sp³-hybridized carbons (Fsp3) is 0.556. The van der Waals surface area contributed by atoms with Crippen molar-refractivity contribution in [2.75, 3.05) is 7.11 Å². The minimum Gasteiger partial charge on any atom is -0.543 e. The van der Waals surface area contributed by atoms with Crippen LogP contribution in [0.25, 0.3) is 0 Å². The van der Waals surface area contributed by atoms with E-state index in [4.69, 9.17) is 4.74 Å². The molecule has 0 aromatic heterocycles. The summed E-state index contributed by atoms with van der Waals surface area (Å²) >= 11 is 1.12. The number of hydrogen-bond donors (Lipinski definition) is 1. The van der Waals surface area contributed by atoms with Crippen LogP contribution in [0.4, 0.5) is 0 Å². The molecule has 88 valence electrons. The fourth-order valence-corrected chi connectivity index (χ4v) is 3.30. The van der Waals surface area contributed by atoms with Crippen LogP contribution in [0.5, 0.6) is 0 Å². The number of carboxylic acids is 1. The third kappa shape index (κ3) is 2.10. The van der Waals surface area contributed by atoms with Gasteiger partial charge in [-0.3, -0.25) is 9.69 Å². The summed E-state index contributed by atoms with van der Waals surface area (Å²) in [6.45, 7) is 1.50. The standard InChI is InChI=1S/C9H11NO5S.Na/c1-3(11)4-6(12)10-5(8(13)14)9(15-2)16-7(4)10;/h3-4,7,11H,1-2H3,(H,13,14);/q;+1/p-1/t3-,4+,7-;/m1./s1. The second kappa shape index (κ2) is 5.19. The SMILES string of the molecule is COC1=C(C(=O)[O-])N2C(=O)[C@H]([C@@H](C)O)[C@H]2S1.[Na+]. The predicted octanol–water partition coefficient (Wildman–Crippen LogP) is -4.53. The summed E-state index contributed by atoms with van der Waals surface area (Å²) in [5.41, 5.74) is -0.237. The van der Waals surface area contributed by atoms with Crippen LogP contribution < -0.4 is 34.7 Å². The maximum absolute atomic E-state index is 11.6. The monoisotopic (exact) mass is 267 g/mol. The van der Waals surface area contributed by atoms with Crippen molar-refractivity contribution in [3.8, 4) is 0 Å². The van der Waals surface area contributed by atoms with Crippen molar-refractivity contribution in [3.63, 3.8) is 0 Å². The number of aliphatic hydroxyl groups is 1. The van der Waals surface area contributed by atoms with Crippen LogP contribution in [0.2, 0.25) is 0 Å². The summed E-state index contributed by atoms with van der Waals surface area (Å²) in [5.74, 6) is -2.42. The molecular formula is C9H10NNaO5S. The van der Waals surface area contributed by atoms with Crippen LogP contribution >= 0.6 is 11.8 Å². The van der Waals surface area contributed by atoms with E-state index in [1.54, 1.807) is 0 Å². The molecule has 6 nitrogen and oxygen atoms in total. The van der Waals surface area contributed by atoms with Gasteiger partial charge >= 0.3 is 29.6 Å². The molecule has 1 N–H and O–H groups in total. The quantitative estimate of drug-likeness (QED) is 0.409. The first-order valence-electron chi connectivity index (χ1n) is 4.66. The zero-order valence-corrected chi connectivity index (χ0v) is 12.5. The van der Waals surface area contributed by atoms with Gasteiger partial charge in [0.1, 0.15) is 11.1 Å². The number of ether oxygens (including phenoxy) is 1. The van der Waals surface area contributed by atoms with Gasteiger partial charge in [0.2, 0.25) is 5.91 Å². The molecule has 0 aromatic rings. The molecule has 2 heterocycles. The van der Waals surface area contributed by atoms with E-state index in [1.165, 1.54) is 14.0 Å². The maximum Gasteiger partial charge on any atom is 1.00 e. The summed E-state index contributed by atoms with van der Waals surface area (Å²) in [6, 6.07) is 0. The summed E-state index contributed by atoms with van der Waals surface area (Å²) < 4.78 is 4.89. The molecule has 0 spiro atoms. The Labute approximate surface area is 124 Å². The predicted molar refractivity (Wildman–Crippen MR) is 52.4 cm³/mol. The molecule has 1 amide bonds. The normalized spacial score (nSPS) is 28.2. The van der Waals surface area contributed by atoms with E-state index in [0.717, 1.165) is 16.7 Å². The molecule has 2 rings (SSSR count). The number of nitrogens with zero attached hydrogens (tertiary/aromatic N) is 1. The van der Waals surface area contributed by atoms with E-state index in [0.29, 0.717) is 0 Å². The number of hydrogen-bond acceptors (Lipinski definition) is 6. The van der Waals surface area contributed by atoms with E-state index in [-0.39, 0.29) is 40.3 Å². The summed E-state index contributed by atoms with van der Waals surface area (Å²) in [5, 5.41) is 20.0. The number of β-lactam (4-membered cyclic amide) rings is 1. The molecule has 0 saturated carbocycles. The van der Waals surface area contributed by atoms with Gasteiger partial charge in [-0.05, 0) is 6.92 Å². The Hall–Kier alpha value is -0.210. The van der Waals surface area contributed by atoms with Gasteiger partial charge in [-0.25, -0.2) is 0 Å². The minimum atomic E-state index is -1.44. The number of amides is 1. The van der Waals surface area contributed by atoms with E-state index in [1.807, 2.05) is 0 Å². The number of thioether (sulfide) groups is 1. The van der Waals surface area contributed by atoms with Crippen LogP contribution in [0.1, 0.15) is 6.92 Å². The molecule has 1 fully saturated rings. The van der Waals surface area contributed by atoms with Gasteiger partial charge < -0.3 is 19.7 Å². The number of methoxy groups -OCH3 is 1. The van der Waals surface area contributed by atoms with E-state index < -0.39 is 29.3 Å². The average Bonchev–Trinajstić information content (AvgIpc) is 2.51. The van der Waals surface area contributed by atoms with Gasteiger partial charge in [-0.1, -0.05) is 11.8 Å². The van der Waals surface area contributed by atoms with Crippen LogP contribution in [-0.2, 0) is 14.3 Å². The molecular weight excluding hydrogens is 257 g/mol. The molecule has 0 aliphatic carbocycles. The molecule has 0 bridgehead atoms. The van der Waals surface area contributed by atoms with Crippen molar-refractivity contribution in [3.05, 3.63) is 10.8 Å². The van der Waals surface area contributed by atoms with Crippen molar-refractivity contribution in [1.82, 2.24) is 4.90 Å². The van der Waals surface area contributed by atoms with Crippen molar-refractivity contribution < 1.29 is 54.1 Å². The number of carbonyl (C=O) groups excluding carboxylic acids is 2. The number of carbonyl (C=O) groups is 2. The zero-order chi connectivity index (χ0) is 12.0. The van der Waals surface area contributed by atoms with Crippen LogP contribution in [0.15, 0.2) is 10.8 Å². The second-order valence-electron chi connectivity index (χ2n) is 3.61.